The highest BCUT2D eigenvalue weighted by Crippen LogP contribution is 2.31. The molecule has 2 aliphatic heterocycles. The highest BCUT2D eigenvalue weighted by molar-refractivity contribution is 7.89. The molecule has 2 aromatic carbocycles. The maximum absolute atomic E-state index is 13.4. The number of amides is 1. The van der Waals surface area contributed by atoms with Gasteiger partial charge < -0.3 is 10.2 Å². The summed E-state index contributed by atoms with van der Waals surface area (Å²) in [6.45, 7) is 1.14. The molecule has 34 heavy (non-hydrogen) atoms. The Kier molecular flexibility index (Phi) is 7.52. The molecule has 2 heterocycles. The van der Waals surface area contributed by atoms with E-state index >= 15 is 0 Å². The fourth-order valence-electron chi connectivity index (χ4n) is 4.55. The summed E-state index contributed by atoms with van der Waals surface area (Å²) < 4.78 is 54.7. The zero-order valence-corrected chi connectivity index (χ0v) is 19.9. The van der Waals surface area contributed by atoms with Crippen molar-refractivity contribution in [3.8, 4) is 0 Å². The Morgan fingerprint density at radius 2 is 1.68 bits per heavy atom. The van der Waals surface area contributed by atoms with Gasteiger partial charge in [-0.25, -0.2) is 17.2 Å². The summed E-state index contributed by atoms with van der Waals surface area (Å²) in [5.74, 6) is -2.70. The van der Waals surface area contributed by atoms with Gasteiger partial charge in [-0.1, -0.05) is 30.3 Å². The van der Waals surface area contributed by atoms with Crippen LogP contribution in [0.2, 0.25) is 0 Å². The van der Waals surface area contributed by atoms with Crippen molar-refractivity contribution in [1.29, 1.82) is 0 Å². The Bertz CT molecular complexity index is 1070. The van der Waals surface area contributed by atoms with E-state index in [0.717, 1.165) is 17.7 Å². The van der Waals surface area contributed by atoms with Crippen LogP contribution in [0.3, 0.4) is 0 Å². The number of hydrogen-bond acceptors (Lipinski definition) is 4. The topological polar surface area (TPSA) is 69.7 Å². The predicted octanol–water partition coefficient (Wildman–Crippen LogP) is 3.82. The second-order valence-corrected chi connectivity index (χ2v) is 11.0. The molecule has 0 radical (unpaired) electrons. The molecule has 2 aromatic rings. The van der Waals surface area contributed by atoms with Crippen LogP contribution in [0.25, 0.3) is 0 Å². The second kappa shape index (κ2) is 10.4. The van der Waals surface area contributed by atoms with E-state index in [2.05, 4.69) is 5.32 Å². The first kappa shape index (κ1) is 24.6. The van der Waals surface area contributed by atoms with Gasteiger partial charge in [-0.2, -0.15) is 4.31 Å². The van der Waals surface area contributed by atoms with Gasteiger partial charge in [-0.15, -0.1) is 0 Å². The lowest BCUT2D eigenvalue weighted by atomic mass is 10.1. The van der Waals surface area contributed by atoms with Crippen molar-refractivity contribution in [3.63, 3.8) is 0 Å². The highest BCUT2D eigenvalue weighted by Gasteiger charge is 2.34. The van der Waals surface area contributed by atoms with Gasteiger partial charge in [0.25, 0.3) is 5.92 Å². The maximum Gasteiger partial charge on any atom is 0.251 e. The van der Waals surface area contributed by atoms with Gasteiger partial charge in [0.05, 0.1) is 4.90 Å². The molecule has 2 fully saturated rings. The molecule has 2 aliphatic rings. The first-order valence-corrected chi connectivity index (χ1v) is 13.2. The largest absolute Gasteiger partial charge is 0.371 e. The Morgan fingerprint density at radius 1 is 1.00 bits per heavy atom. The van der Waals surface area contributed by atoms with Crippen molar-refractivity contribution in [2.75, 3.05) is 31.1 Å². The van der Waals surface area contributed by atoms with Crippen LogP contribution in [-0.4, -0.2) is 56.8 Å². The number of carbonyl (C=O) groups is 1. The molecule has 0 saturated carbocycles. The van der Waals surface area contributed by atoms with Crippen LogP contribution in [0.1, 0.15) is 37.7 Å². The van der Waals surface area contributed by atoms with Gasteiger partial charge in [0.15, 0.2) is 0 Å². The minimum atomic E-state index is -3.71. The number of nitrogens with one attached hydrogen (secondary N) is 1. The molecule has 0 spiro atoms. The van der Waals surface area contributed by atoms with Gasteiger partial charge in [0, 0.05) is 57.2 Å². The summed E-state index contributed by atoms with van der Waals surface area (Å²) in [5.41, 5.74) is 1.84. The zero-order chi connectivity index (χ0) is 24.2. The third-order valence-corrected chi connectivity index (χ3v) is 8.45. The number of nitrogens with zero attached hydrogens (tertiary/aromatic N) is 2. The molecule has 2 saturated heterocycles. The SMILES string of the molecule is O=C(CCc1ccccc1)NC1CCCN(S(=O)(=O)c2ccc(N3CCC(F)(F)CC3)cc2)C1. The number of anilines is 1. The molecule has 0 aliphatic carbocycles. The van der Waals surface area contributed by atoms with Gasteiger partial charge in [0.2, 0.25) is 15.9 Å². The van der Waals surface area contributed by atoms with Crippen molar-refractivity contribution >= 4 is 21.6 Å². The molecule has 1 amide bonds. The lowest BCUT2D eigenvalue weighted by molar-refractivity contribution is -0.122. The summed E-state index contributed by atoms with van der Waals surface area (Å²) in [5, 5.41) is 2.99. The van der Waals surface area contributed by atoms with Crippen LogP contribution in [-0.2, 0) is 21.2 Å². The van der Waals surface area contributed by atoms with E-state index in [-0.39, 0.29) is 49.3 Å². The first-order valence-electron chi connectivity index (χ1n) is 11.8. The van der Waals surface area contributed by atoms with Crippen LogP contribution in [0.15, 0.2) is 59.5 Å². The molecule has 1 N–H and O–H groups in total. The van der Waals surface area contributed by atoms with Gasteiger partial charge in [0.1, 0.15) is 0 Å². The molecule has 0 bridgehead atoms. The van der Waals surface area contributed by atoms with Crippen molar-refractivity contribution in [2.24, 2.45) is 0 Å². The second-order valence-electron chi connectivity index (χ2n) is 9.09. The maximum atomic E-state index is 13.4. The number of halogens is 2. The third-order valence-electron chi connectivity index (χ3n) is 6.57. The fraction of sp³-hybridized carbons (Fsp3) is 0.480. The Balaban J connectivity index is 1.33. The molecular formula is C25H31F2N3O3S. The average molecular weight is 492 g/mol. The number of aryl methyl sites for hydroxylation is 1. The smallest absolute Gasteiger partial charge is 0.251 e. The van der Waals surface area contributed by atoms with Crippen LogP contribution in [0.4, 0.5) is 14.5 Å². The summed E-state index contributed by atoms with van der Waals surface area (Å²) >= 11 is 0. The molecule has 1 unspecified atom stereocenters. The van der Waals surface area contributed by atoms with Gasteiger partial charge in [-0.05, 0) is 49.1 Å². The van der Waals surface area contributed by atoms with E-state index in [1.54, 1.807) is 24.3 Å². The molecule has 1 atom stereocenters. The molecule has 6 nitrogen and oxygen atoms in total. The number of benzene rings is 2. The van der Waals surface area contributed by atoms with Gasteiger partial charge in [-0.3, -0.25) is 4.79 Å². The molecule has 4 rings (SSSR count). The molecular weight excluding hydrogens is 460 g/mol. The minimum absolute atomic E-state index is 0.0791. The van der Waals surface area contributed by atoms with Crippen molar-refractivity contribution in [1.82, 2.24) is 9.62 Å². The van der Waals surface area contributed by atoms with Crippen molar-refractivity contribution < 1.29 is 22.0 Å². The van der Waals surface area contributed by atoms with Crippen LogP contribution >= 0.6 is 0 Å². The van der Waals surface area contributed by atoms with E-state index in [4.69, 9.17) is 0 Å². The Hall–Kier alpha value is -2.52. The van der Waals surface area contributed by atoms with E-state index < -0.39 is 15.9 Å². The first-order chi connectivity index (χ1) is 16.2. The van der Waals surface area contributed by atoms with Crippen LogP contribution < -0.4 is 10.2 Å². The van der Waals surface area contributed by atoms with Crippen molar-refractivity contribution in [2.45, 2.75) is 55.4 Å². The standard InChI is InChI=1S/C25H31F2N3O3S/c26-25(27)14-17-29(18-15-25)22-9-11-23(12-10-22)34(32,33)30-16-4-7-21(19-30)28-24(31)13-8-20-5-2-1-3-6-20/h1-3,5-6,9-12,21H,4,7-8,13-19H2,(H,28,31). The number of hydrogen-bond donors (Lipinski definition) is 1. The van der Waals surface area contributed by atoms with E-state index in [1.165, 1.54) is 4.31 Å². The number of sulfonamides is 1. The molecule has 9 heteroatoms. The Morgan fingerprint density at radius 3 is 2.35 bits per heavy atom. The summed E-state index contributed by atoms with van der Waals surface area (Å²) in [7, 11) is -3.71. The van der Waals surface area contributed by atoms with E-state index in [1.807, 2.05) is 35.2 Å². The fourth-order valence-corrected chi connectivity index (χ4v) is 6.07. The number of rotatable bonds is 7. The quantitative estimate of drug-likeness (QED) is 0.639. The summed E-state index contributed by atoms with van der Waals surface area (Å²) in [6, 6.07) is 16.0. The average Bonchev–Trinajstić information content (AvgIpc) is 2.84. The monoisotopic (exact) mass is 491 g/mol. The Labute approximate surface area is 200 Å². The zero-order valence-electron chi connectivity index (χ0n) is 19.1. The van der Waals surface area contributed by atoms with Crippen LogP contribution in [0.5, 0.6) is 0 Å². The normalized spacial score (nSPS) is 21.2. The lowest BCUT2D eigenvalue weighted by Gasteiger charge is -2.34. The lowest BCUT2D eigenvalue weighted by Crippen LogP contribution is -2.49. The highest BCUT2D eigenvalue weighted by atomic mass is 32.2. The summed E-state index contributed by atoms with van der Waals surface area (Å²) in [6.07, 6.45) is 2.02. The third kappa shape index (κ3) is 6.13. The van der Waals surface area contributed by atoms with Crippen LogP contribution in [0, 0.1) is 0 Å². The number of piperidine rings is 2. The minimum Gasteiger partial charge on any atom is -0.371 e. The predicted molar refractivity (Wildman–Crippen MR) is 128 cm³/mol. The number of carbonyl (C=O) groups excluding carboxylic acids is 1. The van der Waals surface area contributed by atoms with E-state index in [9.17, 15) is 22.0 Å². The molecule has 184 valence electrons. The number of alkyl halides is 2. The van der Waals surface area contributed by atoms with Gasteiger partial charge >= 0.3 is 0 Å². The summed E-state index contributed by atoms with van der Waals surface area (Å²) in [4.78, 5) is 14.4. The molecule has 0 aromatic heterocycles. The van der Waals surface area contributed by atoms with E-state index in [0.29, 0.717) is 25.8 Å². The van der Waals surface area contributed by atoms with Crippen molar-refractivity contribution in [3.05, 3.63) is 60.2 Å².